The number of thiophene rings is 1. The number of aliphatic carboxylic acids is 1. The van der Waals surface area contributed by atoms with Crippen molar-refractivity contribution in [1.82, 2.24) is 0 Å². The van der Waals surface area contributed by atoms with Crippen LogP contribution in [0, 0.1) is 0 Å². The van der Waals surface area contributed by atoms with Gasteiger partial charge >= 0.3 is 29.6 Å². The molecule has 1 aromatic heterocycles. The Hall–Kier alpha value is -2.71. The van der Waals surface area contributed by atoms with E-state index in [1.54, 1.807) is 24.3 Å². The number of rotatable bonds is 3. The zero-order valence-electron chi connectivity index (χ0n) is 16.3. The van der Waals surface area contributed by atoms with E-state index in [-0.39, 0.29) is 89.5 Å². The fraction of sp³-hybridized carbons (Fsp3) is 0.0870. The second kappa shape index (κ2) is 7.76. The summed E-state index contributed by atoms with van der Waals surface area (Å²) in [5, 5.41) is 11.5. The summed E-state index contributed by atoms with van der Waals surface area (Å²) in [5.41, 5.74) is -1.18. The molecule has 146 valence electrons. The molecule has 0 atom stereocenters. The van der Waals surface area contributed by atoms with E-state index in [1.165, 1.54) is 18.2 Å². The van der Waals surface area contributed by atoms with Crippen LogP contribution in [0.1, 0.15) is 12.0 Å². The number of hydrogen-bond acceptors (Lipinski definition) is 7. The average Bonchev–Trinajstić information content (AvgIpc) is 3.16. The van der Waals surface area contributed by atoms with Crippen LogP contribution in [0.5, 0.6) is 0 Å². The summed E-state index contributed by atoms with van der Waals surface area (Å²) in [5.74, 6) is -1.22. The summed E-state index contributed by atoms with van der Waals surface area (Å²) in [6.07, 6.45) is -0.0692. The molecule has 8 heteroatoms. The Morgan fingerprint density at radius 2 is 1.26 bits per heavy atom. The summed E-state index contributed by atoms with van der Waals surface area (Å²) in [6.45, 7) is 0. The SMILES string of the molecule is O=C([O-])CCc1ccc2c(=O)c3sc4c(=O)c5ccccc5c(=O)c4c3c(=O)c2c1.[Na+]. The van der Waals surface area contributed by atoms with E-state index >= 15 is 0 Å². The number of aryl methyl sites for hydroxylation is 1. The molecule has 1 heterocycles. The third-order valence-corrected chi connectivity index (χ3v) is 6.57. The molecule has 0 N–H and O–H groups in total. The molecule has 6 nitrogen and oxygen atoms in total. The van der Waals surface area contributed by atoms with Crippen molar-refractivity contribution in [3.05, 3.63) is 88.9 Å². The number of carbonyl (C=O) groups is 1. The standard InChI is InChI=1S/C23H12O6S.Na/c24-15(25)8-6-10-5-7-13-14(9-10)19(27)17-16-18(26)11-3-1-2-4-12(11)20(28)22(16)30-23(17)21(13)29;/h1-5,7,9H,6,8H2,(H,24,25);/q;+1/p-1. The van der Waals surface area contributed by atoms with Gasteiger partial charge in [0.25, 0.3) is 0 Å². The number of carboxylic acids is 1. The first-order valence-electron chi connectivity index (χ1n) is 9.16. The molecule has 0 unspecified atom stereocenters. The molecule has 0 aliphatic heterocycles. The largest absolute Gasteiger partial charge is 1.00 e. The van der Waals surface area contributed by atoms with Gasteiger partial charge in [-0.05, 0) is 30.5 Å². The van der Waals surface area contributed by atoms with Crippen molar-refractivity contribution in [2.75, 3.05) is 0 Å². The third-order valence-electron chi connectivity index (χ3n) is 5.38. The Labute approximate surface area is 199 Å². The number of benzene rings is 4. The Bertz CT molecular complexity index is 1760. The van der Waals surface area contributed by atoms with Crippen molar-refractivity contribution < 1.29 is 39.5 Å². The molecule has 31 heavy (non-hydrogen) atoms. The maximum atomic E-state index is 13.3. The molecule has 5 rings (SSSR count). The molecule has 0 bridgehead atoms. The van der Waals surface area contributed by atoms with E-state index in [0.29, 0.717) is 5.56 Å². The zero-order valence-corrected chi connectivity index (χ0v) is 19.1. The molecule has 0 radical (unpaired) electrons. The van der Waals surface area contributed by atoms with Gasteiger partial charge < -0.3 is 9.90 Å². The van der Waals surface area contributed by atoms with E-state index < -0.39 is 22.3 Å². The van der Waals surface area contributed by atoms with Crippen LogP contribution in [0.2, 0.25) is 0 Å². The van der Waals surface area contributed by atoms with Crippen LogP contribution in [0.4, 0.5) is 0 Å². The number of fused-ring (bicyclic) bond motifs is 5. The summed E-state index contributed by atoms with van der Waals surface area (Å²) in [4.78, 5) is 63.2. The van der Waals surface area contributed by atoms with Gasteiger partial charge in [-0.2, -0.15) is 0 Å². The van der Waals surface area contributed by atoms with Gasteiger partial charge in [-0.15, -0.1) is 11.3 Å². The van der Waals surface area contributed by atoms with Crippen molar-refractivity contribution in [2.45, 2.75) is 12.8 Å². The minimum Gasteiger partial charge on any atom is -0.550 e. The van der Waals surface area contributed by atoms with Crippen molar-refractivity contribution >= 4 is 59.0 Å². The summed E-state index contributed by atoms with van der Waals surface area (Å²) in [7, 11) is 0. The maximum Gasteiger partial charge on any atom is 1.00 e. The van der Waals surface area contributed by atoms with E-state index in [2.05, 4.69) is 0 Å². The summed E-state index contributed by atoms with van der Waals surface area (Å²) >= 11 is 0.880. The minimum atomic E-state index is -1.22. The number of hydrogen-bond donors (Lipinski definition) is 0. The van der Waals surface area contributed by atoms with Gasteiger partial charge in [0.2, 0.25) is 10.9 Å². The van der Waals surface area contributed by atoms with Gasteiger partial charge in [0.05, 0.1) is 20.2 Å². The first-order valence-corrected chi connectivity index (χ1v) is 9.97. The fourth-order valence-electron chi connectivity index (χ4n) is 3.96. The smallest absolute Gasteiger partial charge is 0.550 e. The van der Waals surface area contributed by atoms with E-state index in [4.69, 9.17) is 0 Å². The average molecular weight is 438 g/mol. The van der Waals surface area contributed by atoms with Gasteiger partial charge in [0.15, 0.2) is 10.9 Å². The molecule has 0 spiro atoms. The van der Waals surface area contributed by atoms with Gasteiger partial charge in [0, 0.05) is 27.5 Å². The fourth-order valence-corrected chi connectivity index (χ4v) is 5.16. The van der Waals surface area contributed by atoms with Crippen LogP contribution in [-0.2, 0) is 11.2 Å². The zero-order chi connectivity index (χ0) is 21.2. The topological polar surface area (TPSA) is 108 Å². The van der Waals surface area contributed by atoms with Gasteiger partial charge in [-0.3, -0.25) is 19.2 Å². The minimum absolute atomic E-state index is 0. The van der Waals surface area contributed by atoms with Crippen molar-refractivity contribution in [2.24, 2.45) is 0 Å². The second-order valence-electron chi connectivity index (χ2n) is 7.12. The van der Waals surface area contributed by atoms with Crippen LogP contribution in [0.25, 0.3) is 41.7 Å². The molecule has 0 saturated heterocycles. The quantitative estimate of drug-likeness (QED) is 0.313. The predicted molar refractivity (Wildman–Crippen MR) is 115 cm³/mol. The Morgan fingerprint density at radius 1 is 0.742 bits per heavy atom. The summed E-state index contributed by atoms with van der Waals surface area (Å²) in [6, 6.07) is 10.9. The van der Waals surface area contributed by atoms with Crippen LogP contribution in [0.3, 0.4) is 0 Å². The third kappa shape index (κ3) is 3.16. The first kappa shape index (κ1) is 21.5. The predicted octanol–water partition coefficient (Wildman–Crippen LogP) is -1.64. The van der Waals surface area contributed by atoms with Gasteiger partial charge in [-0.1, -0.05) is 30.3 Å². The molecule has 0 aliphatic rings. The molecule has 0 amide bonds. The summed E-state index contributed by atoms with van der Waals surface area (Å²) < 4.78 is 0.199. The molecular formula is C23H11NaO6S. The van der Waals surface area contributed by atoms with Crippen LogP contribution >= 0.6 is 11.3 Å². The number of carbonyl (C=O) groups excluding carboxylic acids is 1. The second-order valence-corrected chi connectivity index (χ2v) is 8.14. The van der Waals surface area contributed by atoms with Gasteiger partial charge in [0.1, 0.15) is 0 Å². The first-order chi connectivity index (χ1) is 14.4. The van der Waals surface area contributed by atoms with E-state index in [9.17, 15) is 29.1 Å². The van der Waals surface area contributed by atoms with E-state index in [1.807, 2.05) is 0 Å². The molecule has 0 saturated carbocycles. The van der Waals surface area contributed by atoms with Crippen LogP contribution in [-0.4, -0.2) is 5.97 Å². The van der Waals surface area contributed by atoms with Crippen molar-refractivity contribution in [3.8, 4) is 0 Å². The Kier molecular flexibility index (Phi) is 5.39. The van der Waals surface area contributed by atoms with Crippen LogP contribution in [0.15, 0.2) is 61.6 Å². The number of carboxylic acid groups (broad SMARTS) is 1. The molecule has 4 aromatic carbocycles. The molecule has 0 fully saturated rings. The van der Waals surface area contributed by atoms with E-state index in [0.717, 1.165) is 11.3 Å². The monoisotopic (exact) mass is 438 g/mol. The van der Waals surface area contributed by atoms with Gasteiger partial charge in [-0.25, -0.2) is 0 Å². The molecular weight excluding hydrogens is 427 g/mol. The normalized spacial score (nSPS) is 11.4. The van der Waals surface area contributed by atoms with Crippen LogP contribution < -0.4 is 56.4 Å². The Morgan fingerprint density at radius 3 is 1.84 bits per heavy atom. The molecule has 0 aliphatic carbocycles. The maximum absolute atomic E-state index is 13.3. The van der Waals surface area contributed by atoms with Crippen molar-refractivity contribution in [3.63, 3.8) is 0 Å². The van der Waals surface area contributed by atoms with Crippen molar-refractivity contribution in [1.29, 1.82) is 0 Å². The molecule has 5 aromatic rings. The Balaban J connectivity index is 0.00000231.